The SMILES string of the molecule is O=C(O)CCCCc1nc(N2CCCCCC2)no1. The maximum absolute atomic E-state index is 10.4. The molecule has 0 unspecified atom stereocenters. The zero-order valence-corrected chi connectivity index (χ0v) is 11.2. The molecule has 0 spiro atoms. The Bertz CT molecular complexity index is 398. The van der Waals surface area contributed by atoms with Crippen LogP contribution in [0.1, 0.15) is 50.8 Å². The van der Waals surface area contributed by atoms with Gasteiger partial charge in [0.1, 0.15) is 0 Å². The van der Waals surface area contributed by atoms with Gasteiger partial charge in [0, 0.05) is 25.9 Å². The molecule has 1 aliphatic rings. The molecule has 6 heteroatoms. The molecule has 1 fully saturated rings. The zero-order chi connectivity index (χ0) is 13.5. The number of unbranched alkanes of at least 4 members (excludes halogenated alkanes) is 1. The topological polar surface area (TPSA) is 79.5 Å². The first-order valence-corrected chi connectivity index (χ1v) is 7.05. The Labute approximate surface area is 112 Å². The summed E-state index contributed by atoms with van der Waals surface area (Å²) in [5.41, 5.74) is 0. The monoisotopic (exact) mass is 267 g/mol. The fourth-order valence-corrected chi connectivity index (χ4v) is 2.30. The molecule has 19 heavy (non-hydrogen) atoms. The van der Waals surface area contributed by atoms with Crippen LogP contribution in [0.5, 0.6) is 0 Å². The van der Waals surface area contributed by atoms with E-state index < -0.39 is 5.97 Å². The number of hydrogen-bond acceptors (Lipinski definition) is 5. The van der Waals surface area contributed by atoms with E-state index in [2.05, 4.69) is 15.0 Å². The van der Waals surface area contributed by atoms with E-state index in [4.69, 9.17) is 9.63 Å². The standard InChI is InChI=1S/C13H21N3O3/c17-12(18)8-4-3-7-11-14-13(15-19-11)16-9-5-1-2-6-10-16/h1-10H2,(H,17,18). The Morgan fingerprint density at radius 2 is 1.95 bits per heavy atom. The van der Waals surface area contributed by atoms with Crippen molar-refractivity contribution < 1.29 is 14.4 Å². The van der Waals surface area contributed by atoms with Crippen LogP contribution in [0, 0.1) is 0 Å². The molecule has 1 saturated heterocycles. The molecule has 2 heterocycles. The quantitative estimate of drug-likeness (QED) is 0.796. The van der Waals surface area contributed by atoms with Gasteiger partial charge < -0.3 is 14.5 Å². The number of carboxylic acids is 1. The van der Waals surface area contributed by atoms with Gasteiger partial charge in [-0.3, -0.25) is 4.79 Å². The second kappa shape index (κ2) is 7.11. The fourth-order valence-electron chi connectivity index (χ4n) is 2.30. The summed E-state index contributed by atoms with van der Waals surface area (Å²) in [6, 6.07) is 0. The molecule has 0 bridgehead atoms. The van der Waals surface area contributed by atoms with Crippen LogP contribution in [0.2, 0.25) is 0 Å². The smallest absolute Gasteiger partial charge is 0.303 e. The van der Waals surface area contributed by atoms with E-state index in [9.17, 15) is 4.79 Å². The second-order valence-electron chi connectivity index (χ2n) is 4.99. The van der Waals surface area contributed by atoms with Crippen molar-refractivity contribution in [1.82, 2.24) is 10.1 Å². The molecule has 0 aliphatic carbocycles. The van der Waals surface area contributed by atoms with Crippen LogP contribution in [0.4, 0.5) is 5.95 Å². The van der Waals surface area contributed by atoms with E-state index >= 15 is 0 Å². The maximum Gasteiger partial charge on any atom is 0.303 e. The number of anilines is 1. The molecular weight excluding hydrogens is 246 g/mol. The van der Waals surface area contributed by atoms with Crippen molar-refractivity contribution in [1.29, 1.82) is 0 Å². The van der Waals surface area contributed by atoms with Crippen LogP contribution in [0.15, 0.2) is 4.52 Å². The molecule has 106 valence electrons. The molecule has 1 aliphatic heterocycles. The number of aliphatic carboxylic acids is 1. The van der Waals surface area contributed by atoms with Crippen LogP contribution >= 0.6 is 0 Å². The number of rotatable bonds is 6. The fraction of sp³-hybridized carbons (Fsp3) is 0.769. The zero-order valence-electron chi connectivity index (χ0n) is 11.2. The minimum Gasteiger partial charge on any atom is -0.481 e. The highest BCUT2D eigenvalue weighted by molar-refractivity contribution is 5.66. The van der Waals surface area contributed by atoms with E-state index in [1.54, 1.807) is 0 Å². The van der Waals surface area contributed by atoms with Gasteiger partial charge in [-0.2, -0.15) is 4.98 Å². The molecular formula is C13H21N3O3. The van der Waals surface area contributed by atoms with Crippen LogP contribution in [0.25, 0.3) is 0 Å². The van der Waals surface area contributed by atoms with Crippen LogP contribution in [-0.2, 0) is 11.2 Å². The first kappa shape index (κ1) is 13.8. The summed E-state index contributed by atoms with van der Waals surface area (Å²) in [6.07, 6.45) is 7.20. The maximum atomic E-state index is 10.4. The summed E-state index contributed by atoms with van der Waals surface area (Å²) in [5, 5.41) is 12.6. The van der Waals surface area contributed by atoms with Gasteiger partial charge in [0.05, 0.1) is 0 Å². The third kappa shape index (κ3) is 4.54. The van der Waals surface area contributed by atoms with Gasteiger partial charge in [-0.05, 0) is 30.8 Å². The number of nitrogens with zero attached hydrogens (tertiary/aromatic N) is 3. The van der Waals surface area contributed by atoms with Gasteiger partial charge in [0.25, 0.3) is 5.95 Å². The van der Waals surface area contributed by atoms with E-state index in [0.717, 1.165) is 19.5 Å². The first-order chi connectivity index (χ1) is 9.25. The highest BCUT2D eigenvalue weighted by Gasteiger charge is 2.15. The minimum atomic E-state index is -0.754. The largest absolute Gasteiger partial charge is 0.481 e. The Kier molecular flexibility index (Phi) is 5.18. The average Bonchev–Trinajstić information content (AvgIpc) is 2.68. The van der Waals surface area contributed by atoms with Crippen LogP contribution in [-0.4, -0.2) is 34.3 Å². The van der Waals surface area contributed by atoms with Crippen molar-refractivity contribution in [3.63, 3.8) is 0 Å². The molecule has 0 saturated carbocycles. The summed E-state index contributed by atoms with van der Waals surface area (Å²) in [7, 11) is 0. The summed E-state index contributed by atoms with van der Waals surface area (Å²) in [4.78, 5) is 17.0. The Hall–Kier alpha value is -1.59. The number of hydrogen-bond donors (Lipinski definition) is 1. The van der Waals surface area contributed by atoms with Crippen molar-refractivity contribution in [2.24, 2.45) is 0 Å². The lowest BCUT2D eigenvalue weighted by molar-refractivity contribution is -0.137. The van der Waals surface area contributed by atoms with Gasteiger partial charge in [-0.1, -0.05) is 12.8 Å². The molecule has 0 aromatic carbocycles. The molecule has 6 nitrogen and oxygen atoms in total. The predicted molar refractivity (Wildman–Crippen MR) is 70.2 cm³/mol. The molecule has 2 rings (SSSR count). The number of carboxylic acid groups (broad SMARTS) is 1. The normalized spacial score (nSPS) is 16.3. The lowest BCUT2D eigenvalue weighted by Gasteiger charge is -2.16. The lowest BCUT2D eigenvalue weighted by Crippen LogP contribution is -2.24. The Morgan fingerprint density at radius 1 is 1.21 bits per heavy atom. The number of aromatic nitrogens is 2. The minimum absolute atomic E-state index is 0.202. The third-order valence-corrected chi connectivity index (χ3v) is 3.38. The van der Waals surface area contributed by atoms with Gasteiger partial charge in [-0.25, -0.2) is 0 Å². The summed E-state index contributed by atoms with van der Waals surface area (Å²) >= 11 is 0. The lowest BCUT2D eigenvalue weighted by atomic mass is 10.2. The Balaban J connectivity index is 1.79. The number of aryl methyl sites for hydroxylation is 1. The van der Waals surface area contributed by atoms with E-state index in [-0.39, 0.29) is 6.42 Å². The number of carbonyl (C=O) groups is 1. The van der Waals surface area contributed by atoms with Crippen LogP contribution in [0.3, 0.4) is 0 Å². The highest BCUT2D eigenvalue weighted by atomic mass is 16.5. The van der Waals surface area contributed by atoms with Gasteiger partial charge in [0.15, 0.2) is 0 Å². The third-order valence-electron chi connectivity index (χ3n) is 3.38. The summed E-state index contributed by atoms with van der Waals surface area (Å²) in [6.45, 7) is 2.00. The van der Waals surface area contributed by atoms with Crippen molar-refractivity contribution >= 4 is 11.9 Å². The van der Waals surface area contributed by atoms with E-state index in [0.29, 0.717) is 24.7 Å². The molecule has 0 amide bonds. The molecule has 0 radical (unpaired) electrons. The van der Waals surface area contributed by atoms with Crippen molar-refractivity contribution in [3.05, 3.63) is 5.89 Å². The predicted octanol–water partition coefficient (Wildman–Crippen LogP) is 2.25. The molecule has 1 N–H and O–H groups in total. The summed E-state index contributed by atoms with van der Waals surface area (Å²) < 4.78 is 5.22. The van der Waals surface area contributed by atoms with E-state index in [1.807, 2.05) is 0 Å². The van der Waals surface area contributed by atoms with E-state index in [1.165, 1.54) is 25.7 Å². The summed E-state index contributed by atoms with van der Waals surface area (Å²) in [5.74, 6) is 0.551. The first-order valence-electron chi connectivity index (χ1n) is 7.05. The van der Waals surface area contributed by atoms with Gasteiger partial charge >= 0.3 is 5.97 Å². The van der Waals surface area contributed by atoms with Gasteiger partial charge in [-0.15, -0.1) is 0 Å². The molecule has 1 aromatic rings. The van der Waals surface area contributed by atoms with Crippen molar-refractivity contribution in [3.8, 4) is 0 Å². The Morgan fingerprint density at radius 3 is 2.63 bits per heavy atom. The average molecular weight is 267 g/mol. The van der Waals surface area contributed by atoms with Crippen LogP contribution < -0.4 is 4.90 Å². The molecule has 0 atom stereocenters. The van der Waals surface area contributed by atoms with Crippen molar-refractivity contribution in [2.75, 3.05) is 18.0 Å². The second-order valence-corrected chi connectivity index (χ2v) is 4.99. The molecule has 1 aromatic heterocycles. The van der Waals surface area contributed by atoms with Gasteiger partial charge in [0.2, 0.25) is 5.89 Å². The van der Waals surface area contributed by atoms with Crippen molar-refractivity contribution in [2.45, 2.75) is 51.4 Å². The highest BCUT2D eigenvalue weighted by Crippen LogP contribution is 2.17.